The van der Waals surface area contributed by atoms with Crippen molar-refractivity contribution in [1.29, 1.82) is 0 Å². The van der Waals surface area contributed by atoms with Gasteiger partial charge in [0.25, 0.3) is 0 Å². The first-order valence-corrected chi connectivity index (χ1v) is 5.40. The third-order valence-corrected chi connectivity index (χ3v) is 2.15. The number of aliphatic hydroxyl groups excluding tert-OH is 1. The highest BCUT2D eigenvalue weighted by Gasteiger charge is 2.03. The van der Waals surface area contributed by atoms with E-state index in [1.807, 2.05) is 38.2 Å². The maximum absolute atomic E-state index is 9.55. The van der Waals surface area contributed by atoms with Gasteiger partial charge in [0.05, 0.1) is 6.10 Å². The summed E-state index contributed by atoms with van der Waals surface area (Å²) in [5, 5.41) is 9.55. The summed E-state index contributed by atoms with van der Waals surface area (Å²) >= 11 is 0. The van der Waals surface area contributed by atoms with Crippen molar-refractivity contribution in [2.24, 2.45) is 5.92 Å². The maximum atomic E-state index is 9.55. The molecule has 0 aliphatic carbocycles. The Hall–Kier alpha value is -0.860. The van der Waals surface area contributed by atoms with Crippen LogP contribution in [0.15, 0.2) is 37.5 Å². The molecule has 1 atom stereocenters. The third kappa shape index (κ3) is 7.11. The van der Waals surface area contributed by atoms with E-state index in [0.29, 0.717) is 0 Å². The minimum Gasteiger partial charge on any atom is -0.389 e. The standard InChI is InChI=1S/C13H23NO/c1-5-9-14(10-6-2)11-7-8-13(15)12(3)4/h5-8,12-13,15H,1-2,9-11H2,3-4H3/b8-7+. The summed E-state index contributed by atoms with van der Waals surface area (Å²) in [4.78, 5) is 2.18. The fourth-order valence-electron chi connectivity index (χ4n) is 1.16. The summed E-state index contributed by atoms with van der Waals surface area (Å²) in [6, 6.07) is 0. The summed E-state index contributed by atoms with van der Waals surface area (Å²) in [6.45, 7) is 13.9. The number of rotatable bonds is 8. The van der Waals surface area contributed by atoms with Crippen LogP contribution >= 0.6 is 0 Å². The summed E-state index contributed by atoms with van der Waals surface area (Å²) in [6.07, 6.45) is 7.24. The lowest BCUT2D eigenvalue weighted by molar-refractivity contribution is 0.171. The lowest BCUT2D eigenvalue weighted by atomic mass is 10.1. The molecule has 0 aromatic heterocycles. The molecular weight excluding hydrogens is 186 g/mol. The van der Waals surface area contributed by atoms with Crippen molar-refractivity contribution >= 4 is 0 Å². The zero-order valence-corrected chi connectivity index (χ0v) is 9.89. The highest BCUT2D eigenvalue weighted by atomic mass is 16.3. The molecule has 0 saturated carbocycles. The van der Waals surface area contributed by atoms with Crippen molar-refractivity contribution in [2.45, 2.75) is 20.0 Å². The van der Waals surface area contributed by atoms with Gasteiger partial charge in [-0.25, -0.2) is 0 Å². The van der Waals surface area contributed by atoms with Crippen LogP contribution in [0, 0.1) is 5.92 Å². The lowest BCUT2D eigenvalue weighted by Crippen LogP contribution is -2.24. The molecule has 0 saturated heterocycles. The average molecular weight is 209 g/mol. The van der Waals surface area contributed by atoms with Crippen molar-refractivity contribution in [1.82, 2.24) is 4.90 Å². The van der Waals surface area contributed by atoms with Crippen molar-refractivity contribution in [2.75, 3.05) is 19.6 Å². The second kappa shape index (κ2) is 8.45. The van der Waals surface area contributed by atoms with Crippen LogP contribution < -0.4 is 0 Å². The fourth-order valence-corrected chi connectivity index (χ4v) is 1.16. The van der Waals surface area contributed by atoms with E-state index in [1.165, 1.54) is 0 Å². The van der Waals surface area contributed by atoms with Gasteiger partial charge in [0.2, 0.25) is 0 Å². The second-order valence-corrected chi connectivity index (χ2v) is 3.96. The van der Waals surface area contributed by atoms with Gasteiger partial charge in [-0.15, -0.1) is 13.2 Å². The van der Waals surface area contributed by atoms with Gasteiger partial charge < -0.3 is 5.11 Å². The molecule has 1 N–H and O–H groups in total. The third-order valence-electron chi connectivity index (χ3n) is 2.15. The number of nitrogens with zero attached hydrogens (tertiary/aromatic N) is 1. The summed E-state index contributed by atoms with van der Waals surface area (Å²) in [7, 11) is 0. The Bertz CT molecular complexity index is 199. The largest absolute Gasteiger partial charge is 0.389 e. The normalized spacial score (nSPS) is 13.7. The quantitative estimate of drug-likeness (QED) is 0.620. The molecule has 0 aromatic carbocycles. The highest BCUT2D eigenvalue weighted by molar-refractivity contribution is 4.93. The van der Waals surface area contributed by atoms with E-state index in [1.54, 1.807) is 0 Å². The Balaban J connectivity index is 3.96. The molecular formula is C13H23NO. The fraction of sp³-hybridized carbons (Fsp3) is 0.538. The average Bonchev–Trinajstić information content (AvgIpc) is 2.18. The minimum absolute atomic E-state index is 0.272. The second-order valence-electron chi connectivity index (χ2n) is 3.96. The topological polar surface area (TPSA) is 23.5 Å². The molecule has 1 unspecified atom stereocenters. The molecule has 0 amide bonds. The molecule has 0 bridgehead atoms. The first-order valence-electron chi connectivity index (χ1n) is 5.40. The van der Waals surface area contributed by atoms with Gasteiger partial charge in [-0.1, -0.05) is 38.2 Å². The van der Waals surface area contributed by atoms with Gasteiger partial charge in [0.15, 0.2) is 0 Å². The van der Waals surface area contributed by atoms with Crippen molar-refractivity contribution in [3.63, 3.8) is 0 Å². The van der Waals surface area contributed by atoms with Crippen molar-refractivity contribution < 1.29 is 5.11 Å². The first kappa shape index (κ1) is 14.1. The van der Waals surface area contributed by atoms with E-state index in [-0.39, 0.29) is 12.0 Å². The van der Waals surface area contributed by atoms with Crippen LogP contribution in [0.2, 0.25) is 0 Å². The summed E-state index contributed by atoms with van der Waals surface area (Å²) < 4.78 is 0. The Labute approximate surface area is 93.6 Å². The predicted molar refractivity (Wildman–Crippen MR) is 66.8 cm³/mol. The minimum atomic E-state index is -0.348. The van der Waals surface area contributed by atoms with E-state index in [9.17, 15) is 5.11 Å². The van der Waals surface area contributed by atoms with Gasteiger partial charge in [-0.05, 0) is 5.92 Å². The van der Waals surface area contributed by atoms with Gasteiger partial charge in [0.1, 0.15) is 0 Å². The van der Waals surface area contributed by atoms with Crippen LogP contribution in [-0.2, 0) is 0 Å². The Morgan fingerprint density at radius 3 is 2.07 bits per heavy atom. The monoisotopic (exact) mass is 209 g/mol. The molecule has 0 aliphatic heterocycles. The van der Waals surface area contributed by atoms with E-state index in [0.717, 1.165) is 19.6 Å². The van der Waals surface area contributed by atoms with Crippen LogP contribution in [-0.4, -0.2) is 35.7 Å². The number of hydrogen-bond donors (Lipinski definition) is 1. The Morgan fingerprint density at radius 2 is 1.67 bits per heavy atom. The zero-order chi connectivity index (χ0) is 11.7. The Morgan fingerprint density at radius 1 is 1.13 bits per heavy atom. The molecule has 0 heterocycles. The molecule has 0 fully saturated rings. The van der Waals surface area contributed by atoms with Gasteiger partial charge >= 0.3 is 0 Å². The van der Waals surface area contributed by atoms with Crippen molar-refractivity contribution in [3.8, 4) is 0 Å². The molecule has 0 aromatic rings. The molecule has 2 heteroatoms. The smallest absolute Gasteiger partial charge is 0.0744 e. The van der Waals surface area contributed by atoms with Crippen LogP contribution in [0.4, 0.5) is 0 Å². The Kier molecular flexibility index (Phi) is 7.96. The van der Waals surface area contributed by atoms with Crippen molar-refractivity contribution in [3.05, 3.63) is 37.5 Å². The van der Waals surface area contributed by atoms with Crippen LogP contribution in [0.25, 0.3) is 0 Å². The van der Waals surface area contributed by atoms with E-state index >= 15 is 0 Å². The van der Waals surface area contributed by atoms with E-state index < -0.39 is 0 Å². The zero-order valence-electron chi connectivity index (χ0n) is 9.89. The van der Waals surface area contributed by atoms with Gasteiger partial charge in [-0.3, -0.25) is 4.90 Å². The SMILES string of the molecule is C=CCN(CC=C)C/C=C/C(O)C(C)C. The summed E-state index contributed by atoms with van der Waals surface area (Å²) in [5.41, 5.74) is 0. The molecule has 15 heavy (non-hydrogen) atoms. The van der Waals surface area contributed by atoms with Gasteiger partial charge in [0, 0.05) is 19.6 Å². The van der Waals surface area contributed by atoms with Crippen LogP contribution in [0.1, 0.15) is 13.8 Å². The molecule has 0 spiro atoms. The number of aliphatic hydroxyl groups is 1. The lowest BCUT2D eigenvalue weighted by Gasteiger charge is -2.16. The van der Waals surface area contributed by atoms with E-state index in [2.05, 4.69) is 18.1 Å². The maximum Gasteiger partial charge on any atom is 0.0744 e. The molecule has 2 nitrogen and oxygen atoms in total. The number of hydrogen-bond acceptors (Lipinski definition) is 2. The van der Waals surface area contributed by atoms with Crippen LogP contribution in [0.3, 0.4) is 0 Å². The predicted octanol–water partition coefficient (Wildman–Crippen LogP) is 2.23. The van der Waals surface area contributed by atoms with Crippen LogP contribution in [0.5, 0.6) is 0 Å². The van der Waals surface area contributed by atoms with E-state index in [4.69, 9.17) is 0 Å². The molecule has 0 aliphatic rings. The highest BCUT2D eigenvalue weighted by Crippen LogP contribution is 2.02. The first-order chi connectivity index (χ1) is 7.11. The van der Waals surface area contributed by atoms with Gasteiger partial charge in [-0.2, -0.15) is 0 Å². The molecule has 0 rings (SSSR count). The molecule has 86 valence electrons. The molecule has 0 radical (unpaired) electrons. The summed E-state index contributed by atoms with van der Waals surface area (Å²) in [5.74, 6) is 0.272.